The molecular formula is C13H19F3N4O. The van der Waals surface area contributed by atoms with Crippen molar-refractivity contribution < 1.29 is 18.0 Å². The average Bonchev–Trinajstić information content (AvgIpc) is 2.88. The van der Waals surface area contributed by atoms with Crippen LogP contribution in [-0.4, -0.2) is 39.0 Å². The van der Waals surface area contributed by atoms with Gasteiger partial charge in [0.15, 0.2) is 0 Å². The lowest BCUT2D eigenvalue weighted by molar-refractivity contribution is -0.148. The van der Waals surface area contributed by atoms with E-state index < -0.39 is 17.4 Å². The van der Waals surface area contributed by atoms with E-state index in [0.29, 0.717) is 38.3 Å². The van der Waals surface area contributed by atoms with E-state index in [1.807, 2.05) is 18.7 Å². The number of carbonyl (C=O) groups is 1. The molecule has 21 heavy (non-hydrogen) atoms. The van der Waals surface area contributed by atoms with Gasteiger partial charge in [0, 0.05) is 25.0 Å². The van der Waals surface area contributed by atoms with Crippen molar-refractivity contribution in [1.29, 1.82) is 0 Å². The summed E-state index contributed by atoms with van der Waals surface area (Å²) < 4.78 is 39.4. The molecule has 2 heterocycles. The van der Waals surface area contributed by atoms with Crippen LogP contribution in [0.1, 0.15) is 38.3 Å². The van der Waals surface area contributed by atoms with Crippen LogP contribution < -0.4 is 0 Å². The van der Waals surface area contributed by atoms with Crippen molar-refractivity contribution >= 4 is 6.29 Å². The fourth-order valence-corrected chi connectivity index (χ4v) is 2.68. The van der Waals surface area contributed by atoms with Crippen LogP contribution >= 0.6 is 0 Å². The quantitative estimate of drug-likeness (QED) is 0.782. The van der Waals surface area contributed by atoms with Crippen LogP contribution in [-0.2, 0) is 24.1 Å². The maximum absolute atomic E-state index is 12.8. The molecule has 118 valence electrons. The van der Waals surface area contributed by atoms with Gasteiger partial charge in [0.05, 0.1) is 6.54 Å². The van der Waals surface area contributed by atoms with Crippen molar-refractivity contribution in [3.63, 3.8) is 0 Å². The molecule has 1 aromatic rings. The van der Waals surface area contributed by atoms with E-state index in [2.05, 4.69) is 10.2 Å². The molecule has 0 saturated heterocycles. The van der Waals surface area contributed by atoms with Crippen LogP contribution in [0, 0.1) is 5.41 Å². The third-order valence-corrected chi connectivity index (χ3v) is 4.28. The lowest BCUT2D eigenvalue weighted by Gasteiger charge is -2.35. The molecule has 0 atom stereocenters. The van der Waals surface area contributed by atoms with E-state index in [9.17, 15) is 18.0 Å². The predicted molar refractivity (Wildman–Crippen MR) is 69.4 cm³/mol. The molecule has 5 nitrogen and oxygen atoms in total. The number of hydrogen-bond acceptors (Lipinski definition) is 4. The Balaban J connectivity index is 2.14. The number of halogens is 3. The van der Waals surface area contributed by atoms with Crippen LogP contribution in [0.4, 0.5) is 13.2 Å². The highest BCUT2D eigenvalue weighted by Crippen LogP contribution is 2.31. The Morgan fingerprint density at radius 2 is 1.86 bits per heavy atom. The van der Waals surface area contributed by atoms with E-state index in [1.165, 1.54) is 0 Å². The first-order valence-electron chi connectivity index (χ1n) is 7.03. The highest BCUT2D eigenvalue weighted by atomic mass is 19.4. The monoisotopic (exact) mass is 304 g/mol. The molecule has 0 N–H and O–H groups in total. The number of hydrogen-bond donors (Lipinski definition) is 0. The van der Waals surface area contributed by atoms with Crippen LogP contribution in [0.15, 0.2) is 0 Å². The molecule has 8 heteroatoms. The number of alkyl halides is 3. The predicted octanol–water partition coefficient (Wildman–Crippen LogP) is 2.12. The fourth-order valence-electron chi connectivity index (χ4n) is 2.68. The van der Waals surface area contributed by atoms with Crippen LogP contribution in [0.25, 0.3) is 0 Å². The Labute approximate surface area is 121 Å². The number of fused-ring (bicyclic) bond motifs is 1. The molecule has 0 aromatic carbocycles. The van der Waals surface area contributed by atoms with Gasteiger partial charge in [-0.1, -0.05) is 13.8 Å². The van der Waals surface area contributed by atoms with Crippen molar-refractivity contribution in [3.05, 3.63) is 11.6 Å². The van der Waals surface area contributed by atoms with E-state index >= 15 is 0 Å². The Morgan fingerprint density at radius 3 is 2.38 bits per heavy atom. The largest absolute Gasteiger partial charge is 0.451 e. The first-order valence-corrected chi connectivity index (χ1v) is 7.03. The van der Waals surface area contributed by atoms with Gasteiger partial charge in [-0.2, -0.15) is 13.2 Å². The van der Waals surface area contributed by atoms with Crippen LogP contribution in [0.5, 0.6) is 0 Å². The second-order valence-corrected chi connectivity index (χ2v) is 5.49. The highest BCUT2D eigenvalue weighted by molar-refractivity contribution is 5.59. The van der Waals surface area contributed by atoms with Crippen molar-refractivity contribution in [1.82, 2.24) is 19.7 Å². The third kappa shape index (κ3) is 3.09. The molecule has 1 aliphatic rings. The fraction of sp³-hybridized carbons (Fsp3) is 0.769. The summed E-state index contributed by atoms with van der Waals surface area (Å²) in [5.74, 6) is -0.634. The molecule has 0 spiro atoms. The van der Waals surface area contributed by atoms with E-state index in [4.69, 9.17) is 0 Å². The molecule has 1 aliphatic heterocycles. The van der Waals surface area contributed by atoms with Gasteiger partial charge in [-0.25, -0.2) is 0 Å². The van der Waals surface area contributed by atoms with Gasteiger partial charge in [-0.15, -0.1) is 10.2 Å². The molecule has 0 aliphatic carbocycles. The molecular weight excluding hydrogens is 285 g/mol. The minimum atomic E-state index is -4.48. The molecule has 0 bridgehead atoms. The summed E-state index contributed by atoms with van der Waals surface area (Å²) in [6, 6.07) is 0. The third-order valence-electron chi connectivity index (χ3n) is 4.28. The summed E-state index contributed by atoms with van der Waals surface area (Å²) in [6.45, 7) is 5.39. The summed E-state index contributed by atoms with van der Waals surface area (Å²) in [6.07, 6.45) is -2.09. The highest BCUT2D eigenvalue weighted by Gasteiger charge is 2.40. The second kappa shape index (κ2) is 5.75. The zero-order valence-electron chi connectivity index (χ0n) is 12.2. The molecule has 0 radical (unpaired) electrons. The molecule has 0 saturated carbocycles. The minimum absolute atomic E-state index is 0.194. The van der Waals surface area contributed by atoms with Gasteiger partial charge < -0.3 is 9.36 Å². The van der Waals surface area contributed by atoms with Crippen LogP contribution in [0.3, 0.4) is 0 Å². The van der Waals surface area contributed by atoms with E-state index in [-0.39, 0.29) is 6.54 Å². The summed E-state index contributed by atoms with van der Waals surface area (Å²) in [5.41, 5.74) is -0.435. The Bertz CT molecular complexity index is 508. The number of carbonyl (C=O) groups excluding carboxylic acids is 1. The number of aldehydes is 1. The summed E-state index contributed by atoms with van der Waals surface area (Å²) in [7, 11) is 0. The van der Waals surface area contributed by atoms with Gasteiger partial charge in [-0.05, 0) is 12.8 Å². The maximum atomic E-state index is 12.8. The molecule has 0 amide bonds. The smallest absolute Gasteiger partial charge is 0.305 e. The summed E-state index contributed by atoms with van der Waals surface area (Å²) in [4.78, 5) is 13.3. The normalized spacial score (nSPS) is 16.8. The summed E-state index contributed by atoms with van der Waals surface area (Å²) in [5, 5.41) is 6.90. The lowest BCUT2D eigenvalue weighted by Crippen LogP contribution is -2.43. The average molecular weight is 304 g/mol. The van der Waals surface area contributed by atoms with Crippen molar-refractivity contribution in [2.45, 2.75) is 46.0 Å². The Kier molecular flexibility index (Phi) is 4.36. The maximum Gasteiger partial charge on any atom is 0.451 e. The van der Waals surface area contributed by atoms with Crippen molar-refractivity contribution in [3.8, 4) is 0 Å². The zero-order chi connectivity index (χ0) is 15.7. The summed E-state index contributed by atoms with van der Waals surface area (Å²) >= 11 is 0. The van der Waals surface area contributed by atoms with Crippen molar-refractivity contribution in [2.75, 3.05) is 13.1 Å². The van der Waals surface area contributed by atoms with Gasteiger partial charge in [0.1, 0.15) is 12.1 Å². The molecule has 1 aromatic heterocycles. The van der Waals surface area contributed by atoms with Gasteiger partial charge in [-0.3, -0.25) is 4.90 Å². The minimum Gasteiger partial charge on any atom is -0.305 e. The van der Waals surface area contributed by atoms with Gasteiger partial charge in [0.25, 0.3) is 0 Å². The zero-order valence-corrected chi connectivity index (χ0v) is 12.2. The van der Waals surface area contributed by atoms with Crippen molar-refractivity contribution in [2.24, 2.45) is 5.41 Å². The van der Waals surface area contributed by atoms with E-state index in [1.54, 1.807) is 0 Å². The number of aromatic nitrogens is 3. The number of rotatable bonds is 5. The molecule has 0 unspecified atom stereocenters. The van der Waals surface area contributed by atoms with Gasteiger partial charge in [0.2, 0.25) is 5.82 Å². The Morgan fingerprint density at radius 1 is 1.19 bits per heavy atom. The molecule has 0 fully saturated rings. The SMILES string of the molecule is CCC(C=O)(CC)CN1CCn2c(nnc2C(F)(F)F)C1. The second-order valence-electron chi connectivity index (χ2n) is 5.49. The first-order chi connectivity index (χ1) is 9.85. The lowest BCUT2D eigenvalue weighted by atomic mass is 9.83. The van der Waals surface area contributed by atoms with Crippen LogP contribution in [0.2, 0.25) is 0 Å². The van der Waals surface area contributed by atoms with E-state index in [0.717, 1.165) is 10.9 Å². The molecule has 2 rings (SSSR count). The first kappa shape index (κ1) is 15.9. The Hall–Kier alpha value is -1.44. The standard InChI is InChI=1S/C13H19F3N4O/c1-3-12(4-2,9-21)8-19-5-6-20-10(7-19)17-18-11(20)13(14,15)16/h9H,3-8H2,1-2H3. The topological polar surface area (TPSA) is 51.0 Å². The number of nitrogens with zero attached hydrogens (tertiary/aromatic N) is 4. The van der Waals surface area contributed by atoms with Gasteiger partial charge >= 0.3 is 6.18 Å².